The van der Waals surface area contributed by atoms with Gasteiger partial charge in [0, 0.05) is 61.3 Å². The Morgan fingerprint density at radius 1 is 0.856 bits per heavy atom. The number of amides is 10. The van der Waals surface area contributed by atoms with Gasteiger partial charge in [-0.25, -0.2) is 9.78 Å². The summed E-state index contributed by atoms with van der Waals surface area (Å²) >= 11 is 2.56. The first-order valence-corrected chi connectivity index (χ1v) is 36.6. The van der Waals surface area contributed by atoms with Crippen LogP contribution in [0.4, 0.5) is 10.5 Å². The number of thiazole rings is 1. The number of likely N-dealkylation sites (tertiary alicyclic amines) is 2. The van der Waals surface area contributed by atoms with Crippen LogP contribution in [0.5, 0.6) is 0 Å². The van der Waals surface area contributed by atoms with Gasteiger partial charge in [0.1, 0.15) is 34.9 Å². The standard InChI is InChI=1S/C70H110N12O13S2/c1-13-33-81(67(91)59(43(7)14-2)79-62(87)52-27-21-22-34-80(52)12)53(41(3)4)37-55(95-45(9)83)65-77-51(40-96-65)61(86)75-49(35-44(8)68(92)93)36-46-28-30-48(31-29-46)74-60(85)50(26-23-32-73-69(72)94)76-64(89)58(42(5)6)78-63(88)54(39-71)82-57(84)38-56(66(82)90)97-70(10,11)47-24-19-17-15-16-18-20-25-47/h28-31,40,42-44,47,49-50,52-56,58-59H,3,13-27,32-39,71H2,1-2,4-12H3,(H,74,85)(H,75,86)(H,76,89)(H,78,88)(H,79,87)(H,92,93)(H3,72,73,94)/t43-,44-,49+,50-,52+,53+,54?,55+,56?,58-,59-/m0/s1. The smallest absolute Gasteiger partial charge is 0.312 e. The first kappa shape index (κ1) is 80.7. The van der Waals surface area contributed by atoms with Gasteiger partial charge in [-0.3, -0.25) is 57.7 Å². The summed E-state index contributed by atoms with van der Waals surface area (Å²) in [5.74, 6) is -7.36. The van der Waals surface area contributed by atoms with Gasteiger partial charge in [0.15, 0.2) is 6.10 Å². The molecule has 0 spiro atoms. The fourth-order valence-electron chi connectivity index (χ4n) is 13.1. The number of imide groups is 1. The lowest BCUT2D eigenvalue weighted by molar-refractivity contribution is -0.149. The van der Waals surface area contributed by atoms with Crippen LogP contribution in [0.15, 0.2) is 41.8 Å². The molecule has 5 rings (SSSR count). The van der Waals surface area contributed by atoms with Crippen LogP contribution >= 0.6 is 23.1 Å². The number of ether oxygens (including phenoxy) is 1. The number of primary amides is 1. The highest BCUT2D eigenvalue weighted by molar-refractivity contribution is 8.02. The highest BCUT2D eigenvalue weighted by atomic mass is 32.2. The fourth-order valence-corrected chi connectivity index (χ4v) is 15.6. The predicted octanol–water partition coefficient (Wildman–Crippen LogP) is 7.52. The second-order valence-corrected chi connectivity index (χ2v) is 30.3. The number of nitrogens with zero attached hydrogens (tertiary/aromatic N) is 4. The van der Waals surface area contributed by atoms with Gasteiger partial charge in [-0.1, -0.05) is 131 Å². The number of carboxylic acid groups (broad SMARTS) is 1. The van der Waals surface area contributed by atoms with Gasteiger partial charge in [-0.2, -0.15) is 0 Å². The number of carboxylic acids is 1. The largest absolute Gasteiger partial charge is 0.481 e. The third-order valence-corrected chi connectivity index (χ3v) is 21.6. The Balaban J connectivity index is 1.29. The van der Waals surface area contributed by atoms with Gasteiger partial charge >= 0.3 is 18.0 Å². The molecule has 10 amide bonds. The molecule has 27 heteroatoms. The average molecular weight is 1390 g/mol. The number of aromatic nitrogens is 1. The fraction of sp³-hybridized carbons (Fsp3) is 0.686. The van der Waals surface area contributed by atoms with Gasteiger partial charge in [0.05, 0.1) is 23.3 Å². The summed E-state index contributed by atoms with van der Waals surface area (Å²) in [7, 11) is 1.91. The number of carbonyl (C=O) groups excluding carboxylic acids is 10. The number of nitrogens with two attached hydrogens (primary N) is 2. The minimum Gasteiger partial charge on any atom is -0.481 e. The van der Waals surface area contributed by atoms with Crippen LogP contribution in [0.2, 0.25) is 0 Å². The number of piperidine rings is 1. The highest BCUT2D eigenvalue weighted by Crippen LogP contribution is 2.44. The molecule has 11 atom stereocenters. The molecule has 1 aliphatic carbocycles. The number of carbonyl (C=O) groups is 11. The van der Waals surface area contributed by atoms with E-state index in [1.807, 2.05) is 32.7 Å². The van der Waals surface area contributed by atoms with E-state index in [1.165, 1.54) is 56.7 Å². The molecule has 2 aromatic rings. The predicted molar refractivity (Wildman–Crippen MR) is 376 cm³/mol. The molecule has 97 heavy (non-hydrogen) atoms. The lowest BCUT2D eigenvalue weighted by Gasteiger charge is -2.39. The van der Waals surface area contributed by atoms with Crippen LogP contribution in [-0.2, 0) is 54.3 Å². The van der Waals surface area contributed by atoms with Crippen LogP contribution in [0.1, 0.15) is 212 Å². The van der Waals surface area contributed by atoms with E-state index in [0.717, 1.165) is 61.3 Å². The molecule has 2 saturated heterocycles. The number of benzene rings is 1. The van der Waals surface area contributed by atoms with E-state index in [4.69, 9.17) is 16.2 Å². The molecule has 11 N–H and O–H groups in total. The molecular formula is C70H110N12O13S2. The Hall–Kier alpha value is -6.97. The Morgan fingerprint density at radius 3 is 2.08 bits per heavy atom. The normalized spacial score (nSPS) is 19.4. The second-order valence-electron chi connectivity index (χ2n) is 27.6. The van der Waals surface area contributed by atoms with Gasteiger partial charge in [0.25, 0.3) is 5.91 Å². The van der Waals surface area contributed by atoms with Crippen molar-refractivity contribution in [1.82, 2.24) is 46.3 Å². The van der Waals surface area contributed by atoms with Gasteiger partial charge in [-0.15, -0.1) is 23.1 Å². The monoisotopic (exact) mass is 1390 g/mol. The summed E-state index contributed by atoms with van der Waals surface area (Å²) in [5.41, 5.74) is 13.0. The summed E-state index contributed by atoms with van der Waals surface area (Å²) in [6.45, 7) is 23.0. The summed E-state index contributed by atoms with van der Waals surface area (Å²) in [6, 6.07) is -0.735. The van der Waals surface area contributed by atoms with E-state index in [0.29, 0.717) is 48.5 Å². The number of nitrogens with one attached hydrogen (secondary N) is 6. The molecule has 1 aromatic heterocycles. The highest BCUT2D eigenvalue weighted by Gasteiger charge is 2.48. The van der Waals surface area contributed by atoms with Crippen LogP contribution in [0, 0.1) is 23.7 Å². The van der Waals surface area contributed by atoms with Crippen LogP contribution in [0.25, 0.3) is 0 Å². The van der Waals surface area contributed by atoms with Gasteiger partial charge < -0.3 is 58.1 Å². The summed E-state index contributed by atoms with van der Waals surface area (Å²) < 4.78 is 5.57. The maximum atomic E-state index is 14.8. The van der Waals surface area contributed by atoms with Gasteiger partial charge in [0.2, 0.25) is 41.4 Å². The SMILES string of the molecule is C=C(C)[C@@H](C[C@@H](OC(C)=O)c1nc(C(=O)N[C@@H](Cc2ccc(NC(=O)[C@H](CCCNC(N)=O)NC(=O)[C@@H](NC(=O)C(CN)N3C(=O)CC(SC(C)(C)C4CCCCCCCC4)C3=O)C(C)C)cc2)C[C@H](C)C(=O)O)cs1)N(CCC)C(=O)[C@@H](NC(=O)[C@H]1CCCCN1C)[C@@H](C)CC. The van der Waals surface area contributed by atoms with Crippen LogP contribution in [0.3, 0.4) is 0 Å². The van der Waals surface area contributed by atoms with Crippen molar-refractivity contribution >= 4 is 94.0 Å². The van der Waals surface area contributed by atoms with Crippen molar-refractivity contribution < 1.29 is 62.6 Å². The summed E-state index contributed by atoms with van der Waals surface area (Å²) in [5, 5.41) is 27.9. The second kappa shape index (κ2) is 39.0. The quantitative estimate of drug-likeness (QED) is 0.0138. The zero-order valence-electron chi connectivity index (χ0n) is 59.0. The lowest BCUT2D eigenvalue weighted by Crippen LogP contribution is -2.60. The number of thioether (sulfide) groups is 1. The Labute approximate surface area is 581 Å². The van der Waals surface area contributed by atoms with Gasteiger partial charge in [-0.05, 0) is 114 Å². The number of aliphatic carboxylic acids is 1. The number of hydrogen-bond donors (Lipinski definition) is 9. The number of likely N-dealkylation sites (N-methyl/N-ethyl adjacent to an activating group) is 1. The molecule has 25 nitrogen and oxygen atoms in total. The summed E-state index contributed by atoms with van der Waals surface area (Å²) in [6.07, 6.45) is 12.1. The Kier molecular flexibility index (Phi) is 32.4. The molecule has 3 fully saturated rings. The van der Waals surface area contributed by atoms with E-state index in [1.54, 1.807) is 49.9 Å². The molecule has 2 unspecified atom stereocenters. The topological polar surface area (TPSA) is 364 Å². The van der Waals surface area contributed by atoms with Crippen molar-refractivity contribution in [2.75, 3.05) is 38.5 Å². The third kappa shape index (κ3) is 24.2. The molecule has 1 saturated carbocycles. The lowest BCUT2D eigenvalue weighted by atomic mass is 9.86. The number of urea groups is 1. The van der Waals surface area contributed by atoms with Crippen molar-refractivity contribution in [2.24, 2.45) is 35.1 Å². The van der Waals surface area contributed by atoms with E-state index >= 15 is 0 Å². The zero-order valence-corrected chi connectivity index (χ0v) is 60.6. The van der Waals surface area contributed by atoms with Crippen LogP contribution in [-0.4, -0.2) is 176 Å². The van der Waals surface area contributed by atoms with Crippen LogP contribution < -0.4 is 43.4 Å². The molecule has 3 heterocycles. The molecule has 0 bridgehead atoms. The Morgan fingerprint density at radius 2 is 1.51 bits per heavy atom. The molecular weight excluding hydrogens is 1280 g/mol. The number of hydrogen-bond acceptors (Lipinski definition) is 17. The maximum absolute atomic E-state index is 14.8. The number of anilines is 1. The number of rotatable bonds is 36. The minimum atomic E-state index is -1.40. The first-order chi connectivity index (χ1) is 45.9. The molecule has 1 aromatic carbocycles. The van der Waals surface area contributed by atoms with Crippen molar-refractivity contribution in [3.05, 3.63) is 58.1 Å². The Bertz CT molecular complexity index is 3030. The van der Waals surface area contributed by atoms with E-state index < -0.39 is 119 Å². The van der Waals surface area contributed by atoms with E-state index in [2.05, 4.69) is 57.3 Å². The van der Waals surface area contributed by atoms with Crippen molar-refractivity contribution in [3.63, 3.8) is 0 Å². The summed E-state index contributed by atoms with van der Waals surface area (Å²) in [4.78, 5) is 159. The first-order valence-electron chi connectivity index (χ1n) is 34.8. The maximum Gasteiger partial charge on any atom is 0.312 e. The van der Waals surface area contributed by atoms with Crippen molar-refractivity contribution in [2.45, 2.75) is 250 Å². The third-order valence-electron chi connectivity index (χ3n) is 19.0. The van der Waals surface area contributed by atoms with E-state index in [-0.39, 0.29) is 84.3 Å². The number of esters is 1. The van der Waals surface area contributed by atoms with E-state index in [9.17, 15) is 57.8 Å². The minimum absolute atomic E-state index is 0.00726. The van der Waals surface area contributed by atoms with Crippen molar-refractivity contribution in [1.29, 1.82) is 0 Å². The van der Waals surface area contributed by atoms with Crippen molar-refractivity contribution in [3.8, 4) is 0 Å². The average Bonchev–Trinajstić information content (AvgIpc) is 1.69. The zero-order chi connectivity index (χ0) is 71.8. The molecule has 540 valence electrons. The molecule has 3 aliphatic rings. The molecule has 0 radical (unpaired) electrons. The molecule has 2 aliphatic heterocycles.